The Bertz CT molecular complexity index is 1490. The van der Waals surface area contributed by atoms with E-state index in [1.807, 2.05) is 0 Å². The lowest BCUT2D eigenvalue weighted by atomic mass is 10.1. The number of benzene rings is 1. The fourth-order valence-corrected chi connectivity index (χ4v) is 8.37. The summed E-state index contributed by atoms with van der Waals surface area (Å²) in [5.41, 5.74) is 6.82. The normalized spacial score (nSPS) is 14.4. The molecule has 0 aliphatic rings. The highest BCUT2D eigenvalue weighted by Gasteiger charge is 2.32. The van der Waals surface area contributed by atoms with Crippen LogP contribution < -0.4 is 5.73 Å². The third-order valence-electron chi connectivity index (χ3n) is 7.84. The first kappa shape index (κ1) is 40.1. The number of nitrogen functional groups attached to an aromatic ring is 1. The molecular formula is C31H47F5N5O5PS. The molecule has 3 N–H and O–H groups in total. The number of aromatic nitrogens is 4. The average molecular weight is 728 g/mol. The zero-order valence-electron chi connectivity index (χ0n) is 27.7. The average Bonchev–Trinajstić information content (AvgIpc) is 3.45. The van der Waals surface area contributed by atoms with Gasteiger partial charge in [-0.1, -0.05) is 51.4 Å². The second-order valence-corrected chi connectivity index (χ2v) is 17.9. The number of rotatable bonds is 23. The Hall–Kier alpha value is -2.36. The van der Waals surface area contributed by atoms with Crippen LogP contribution in [0, 0.1) is 29.1 Å². The van der Waals surface area contributed by atoms with Crippen molar-refractivity contribution < 1.29 is 45.4 Å². The van der Waals surface area contributed by atoms with Crippen LogP contribution >= 0.6 is 17.6 Å². The molecular weight excluding hydrogens is 680 g/mol. The number of fused-ring (bicyclic) bond motifs is 1. The van der Waals surface area contributed by atoms with Crippen molar-refractivity contribution in [2.24, 2.45) is 0 Å². The summed E-state index contributed by atoms with van der Waals surface area (Å²) in [4.78, 5) is 21.6. The van der Waals surface area contributed by atoms with Crippen molar-refractivity contribution in [1.29, 1.82) is 0 Å². The van der Waals surface area contributed by atoms with Crippen molar-refractivity contribution in [2.75, 3.05) is 50.2 Å². The molecule has 0 aliphatic carbocycles. The van der Waals surface area contributed by atoms with Crippen LogP contribution in [-0.2, 0) is 25.1 Å². The monoisotopic (exact) mass is 727 g/mol. The van der Waals surface area contributed by atoms with E-state index in [2.05, 4.69) is 15.0 Å². The van der Waals surface area contributed by atoms with Crippen LogP contribution in [0.1, 0.15) is 71.1 Å². The van der Waals surface area contributed by atoms with Crippen LogP contribution in [0.2, 0.25) is 0 Å². The Morgan fingerprint density at radius 1 is 0.833 bits per heavy atom. The number of nitrogens with two attached hydrogens (primary N) is 1. The Morgan fingerprint density at radius 2 is 1.40 bits per heavy atom. The standard InChI is InChI=1S/C31H47F5N5O5PS/c1-22(18-41-20-40-28-30(37)38-19-39-31(28)41)45-21-47(42,43)46-16-15-44-14-12-10-8-6-4-5-7-9-11-13-17-48(2,3)29-26(35)24(33)23(32)25(34)27(29)36/h19-20,22H,4-18,21H2,1-3H3,(H,42,43)(H2,37,38,39)/t22-/m1/s1. The predicted molar refractivity (Wildman–Crippen MR) is 177 cm³/mol. The van der Waals surface area contributed by atoms with E-state index in [0.29, 0.717) is 36.5 Å². The van der Waals surface area contributed by atoms with Gasteiger partial charge in [-0.3, -0.25) is 4.57 Å². The molecule has 3 rings (SSSR count). The summed E-state index contributed by atoms with van der Waals surface area (Å²) in [5, 5.41) is 0. The molecule has 10 nitrogen and oxygen atoms in total. The number of imidazole rings is 1. The SMILES string of the molecule is C[C@H](Cn1cnc2c(N)ncnc21)OCP(=O)(O)OCCOCCCCCCCCCCCCS(C)(C)c1c(F)c(F)c(F)c(F)c1F. The van der Waals surface area contributed by atoms with Crippen molar-refractivity contribution in [3.8, 4) is 0 Å². The maximum atomic E-state index is 14.2. The lowest BCUT2D eigenvalue weighted by molar-refractivity contribution is 0.0610. The predicted octanol–water partition coefficient (Wildman–Crippen LogP) is 7.71. The molecule has 2 atom stereocenters. The van der Waals surface area contributed by atoms with Gasteiger partial charge in [-0.15, -0.1) is 0 Å². The minimum atomic E-state index is -3.94. The maximum Gasteiger partial charge on any atom is 0.353 e. The maximum absolute atomic E-state index is 14.2. The number of unbranched alkanes of at least 4 members (excludes halogenated alkanes) is 9. The highest BCUT2D eigenvalue weighted by Crippen LogP contribution is 2.53. The van der Waals surface area contributed by atoms with Gasteiger partial charge in [0.05, 0.1) is 37.1 Å². The second-order valence-electron chi connectivity index (χ2n) is 12.2. The summed E-state index contributed by atoms with van der Waals surface area (Å²) in [6, 6.07) is 0. The van der Waals surface area contributed by atoms with Gasteiger partial charge in [-0.25, -0.2) is 46.9 Å². The third-order valence-corrected chi connectivity index (χ3v) is 11.7. The largest absolute Gasteiger partial charge is 0.382 e. The fourth-order valence-electron chi connectivity index (χ4n) is 5.21. The van der Waals surface area contributed by atoms with E-state index in [9.17, 15) is 31.4 Å². The highest BCUT2D eigenvalue weighted by atomic mass is 32.3. The smallest absolute Gasteiger partial charge is 0.353 e. The first-order chi connectivity index (χ1) is 22.7. The van der Waals surface area contributed by atoms with Gasteiger partial charge in [0.25, 0.3) is 0 Å². The van der Waals surface area contributed by atoms with Crippen molar-refractivity contribution >= 4 is 34.6 Å². The molecule has 0 fully saturated rings. The summed E-state index contributed by atoms with van der Waals surface area (Å²) >= 11 is 0. The van der Waals surface area contributed by atoms with Gasteiger partial charge >= 0.3 is 7.60 Å². The molecule has 0 radical (unpaired) electrons. The summed E-state index contributed by atoms with van der Waals surface area (Å²) in [6.45, 7) is 2.81. The molecule has 17 heteroatoms. The summed E-state index contributed by atoms with van der Waals surface area (Å²) in [6.07, 6.45) is 14.8. The zero-order chi connectivity index (χ0) is 35.3. The Balaban J connectivity index is 1.14. The molecule has 48 heavy (non-hydrogen) atoms. The second kappa shape index (κ2) is 19.1. The Labute approximate surface area is 279 Å². The van der Waals surface area contributed by atoms with Crippen molar-refractivity contribution in [3.05, 3.63) is 41.7 Å². The van der Waals surface area contributed by atoms with Crippen molar-refractivity contribution in [3.63, 3.8) is 0 Å². The number of nitrogens with zero attached hydrogens (tertiary/aromatic N) is 4. The van der Waals surface area contributed by atoms with E-state index in [-0.39, 0.29) is 19.0 Å². The first-order valence-corrected chi connectivity index (χ1v) is 20.4. The van der Waals surface area contributed by atoms with Gasteiger partial charge in [0.15, 0.2) is 34.7 Å². The third kappa shape index (κ3) is 11.9. The van der Waals surface area contributed by atoms with Crippen molar-refractivity contribution in [2.45, 2.75) is 88.7 Å². The molecule has 1 aromatic carbocycles. The number of hydrogen-bond donors (Lipinski definition) is 2. The lowest BCUT2D eigenvalue weighted by Gasteiger charge is -2.32. The molecule has 0 aliphatic heterocycles. The molecule has 2 aromatic heterocycles. The van der Waals surface area contributed by atoms with E-state index in [0.717, 1.165) is 57.8 Å². The van der Waals surface area contributed by atoms with Gasteiger partial charge < -0.3 is 29.2 Å². The number of anilines is 1. The minimum Gasteiger partial charge on any atom is -0.382 e. The van der Waals surface area contributed by atoms with E-state index in [1.54, 1.807) is 30.3 Å². The van der Waals surface area contributed by atoms with Crippen LogP contribution in [0.15, 0.2) is 17.6 Å². The molecule has 2 heterocycles. The number of hydrogen-bond acceptors (Lipinski definition) is 8. The van der Waals surface area contributed by atoms with Crippen LogP contribution in [0.3, 0.4) is 0 Å². The van der Waals surface area contributed by atoms with Gasteiger partial charge in [0, 0.05) is 6.61 Å². The number of halogens is 5. The fraction of sp³-hybridized carbons (Fsp3) is 0.645. The van der Waals surface area contributed by atoms with E-state index >= 15 is 0 Å². The molecule has 0 spiro atoms. The molecule has 0 saturated heterocycles. The van der Waals surface area contributed by atoms with E-state index < -0.39 is 64.1 Å². The van der Waals surface area contributed by atoms with Crippen LogP contribution in [-0.4, -0.2) is 74.9 Å². The Morgan fingerprint density at radius 3 is 2.02 bits per heavy atom. The van der Waals surface area contributed by atoms with E-state index in [1.165, 1.54) is 6.33 Å². The number of ether oxygens (including phenoxy) is 2. The van der Waals surface area contributed by atoms with Gasteiger partial charge in [-0.2, -0.15) is 0 Å². The minimum absolute atomic E-state index is 0.0240. The highest BCUT2D eigenvalue weighted by molar-refractivity contribution is 8.32. The van der Waals surface area contributed by atoms with Crippen molar-refractivity contribution in [1.82, 2.24) is 19.5 Å². The van der Waals surface area contributed by atoms with Gasteiger partial charge in [0.2, 0.25) is 5.82 Å². The molecule has 0 bridgehead atoms. The summed E-state index contributed by atoms with van der Waals surface area (Å²) < 4.78 is 99.2. The lowest BCUT2D eigenvalue weighted by Crippen LogP contribution is -2.18. The molecule has 0 saturated carbocycles. The first-order valence-electron chi connectivity index (χ1n) is 16.0. The van der Waals surface area contributed by atoms with Crippen LogP contribution in [0.4, 0.5) is 27.8 Å². The molecule has 0 amide bonds. The van der Waals surface area contributed by atoms with Gasteiger partial charge in [0.1, 0.15) is 18.2 Å². The molecule has 1 unspecified atom stereocenters. The van der Waals surface area contributed by atoms with E-state index in [4.69, 9.17) is 19.7 Å². The molecule has 3 aromatic rings. The van der Waals surface area contributed by atoms with Crippen LogP contribution in [0.25, 0.3) is 11.2 Å². The summed E-state index contributed by atoms with van der Waals surface area (Å²) in [5.74, 6) is -8.65. The quantitative estimate of drug-likeness (QED) is 0.0331. The molecule has 272 valence electrons. The van der Waals surface area contributed by atoms with Crippen LogP contribution in [0.5, 0.6) is 0 Å². The zero-order valence-corrected chi connectivity index (χ0v) is 29.4. The topological polar surface area (TPSA) is 135 Å². The summed E-state index contributed by atoms with van der Waals surface area (Å²) in [7, 11) is -6.12. The Kier molecular flexibility index (Phi) is 16.0. The van der Waals surface area contributed by atoms with Gasteiger partial charge in [-0.05, 0) is 38.0 Å².